The van der Waals surface area contributed by atoms with E-state index in [0.29, 0.717) is 16.5 Å². The summed E-state index contributed by atoms with van der Waals surface area (Å²) in [5.41, 5.74) is 4.45. The van der Waals surface area contributed by atoms with Crippen LogP contribution in [0.3, 0.4) is 0 Å². The molecule has 0 aliphatic rings. The van der Waals surface area contributed by atoms with Crippen LogP contribution in [-0.2, 0) is 4.74 Å². The normalized spacial score (nSPS) is 10.5. The zero-order valence-corrected chi connectivity index (χ0v) is 13.2. The predicted molar refractivity (Wildman–Crippen MR) is 90.1 cm³/mol. The minimum absolute atomic E-state index is 0.382. The van der Waals surface area contributed by atoms with Gasteiger partial charge in [0.25, 0.3) is 0 Å². The van der Waals surface area contributed by atoms with Crippen LogP contribution in [0.1, 0.15) is 41.3 Å². The molecule has 2 nitrogen and oxygen atoms in total. The number of hydrogen-bond acceptors (Lipinski definition) is 3. The van der Waals surface area contributed by atoms with Gasteiger partial charge in [0, 0.05) is 11.1 Å². The molecule has 0 aliphatic heterocycles. The molecule has 108 valence electrons. The van der Waals surface area contributed by atoms with Gasteiger partial charge in [-0.3, -0.25) is 4.79 Å². The third kappa shape index (κ3) is 3.19. The molecule has 21 heavy (non-hydrogen) atoms. The van der Waals surface area contributed by atoms with E-state index in [0.717, 1.165) is 28.5 Å². The maximum Gasteiger partial charge on any atom is 0.191 e. The minimum Gasteiger partial charge on any atom is -0.486 e. The number of benzene rings is 2. The minimum atomic E-state index is 0.382. The molecule has 0 saturated heterocycles. The Kier molecular flexibility index (Phi) is 4.86. The lowest BCUT2D eigenvalue weighted by molar-refractivity contribution is 0.112. The van der Waals surface area contributed by atoms with Crippen molar-refractivity contribution in [3.63, 3.8) is 0 Å². The van der Waals surface area contributed by atoms with Crippen LogP contribution in [-0.4, -0.2) is 18.4 Å². The van der Waals surface area contributed by atoms with E-state index in [4.69, 9.17) is 17.0 Å². The van der Waals surface area contributed by atoms with Crippen LogP contribution in [0.4, 0.5) is 0 Å². The van der Waals surface area contributed by atoms with Gasteiger partial charge in [0.15, 0.2) is 11.3 Å². The Morgan fingerprint density at radius 1 is 1.14 bits per heavy atom. The van der Waals surface area contributed by atoms with E-state index >= 15 is 0 Å². The number of hydrogen-bond donors (Lipinski definition) is 0. The average molecular weight is 298 g/mol. The monoisotopic (exact) mass is 298 g/mol. The summed E-state index contributed by atoms with van der Waals surface area (Å²) in [7, 11) is 1.56. The Morgan fingerprint density at radius 2 is 1.86 bits per heavy atom. The molecule has 0 bridgehead atoms. The molecule has 2 rings (SSSR count). The van der Waals surface area contributed by atoms with Gasteiger partial charge in [0.2, 0.25) is 0 Å². The first-order chi connectivity index (χ1) is 10.1. The number of methoxy groups -OCH3 is 1. The van der Waals surface area contributed by atoms with Gasteiger partial charge in [0.05, 0.1) is 7.11 Å². The summed E-state index contributed by atoms with van der Waals surface area (Å²) >= 11 is 5.25. The van der Waals surface area contributed by atoms with Crippen molar-refractivity contribution < 1.29 is 9.53 Å². The van der Waals surface area contributed by atoms with Crippen LogP contribution in [0.2, 0.25) is 0 Å². The van der Waals surface area contributed by atoms with Gasteiger partial charge in [-0.15, -0.1) is 0 Å². The lowest BCUT2D eigenvalue weighted by Gasteiger charge is -2.14. The van der Waals surface area contributed by atoms with Gasteiger partial charge >= 0.3 is 0 Å². The lowest BCUT2D eigenvalue weighted by Crippen LogP contribution is -2.03. The molecule has 0 N–H and O–H groups in total. The van der Waals surface area contributed by atoms with Crippen molar-refractivity contribution >= 4 is 23.6 Å². The molecule has 0 heterocycles. The highest BCUT2D eigenvalue weighted by molar-refractivity contribution is 7.80. The summed E-state index contributed by atoms with van der Waals surface area (Å²) < 4.78 is 5.18. The van der Waals surface area contributed by atoms with Crippen LogP contribution in [0.15, 0.2) is 42.5 Å². The second-order valence-corrected chi connectivity index (χ2v) is 5.53. The van der Waals surface area contributed by atoms with Gasteiger partial charge in [0.1, 0.15) is 0 Å². The predicted octanol–water partition coefficient (Wildman–Crippen LogP) is 4.61. The fourth-order valence-electron chi connectivity index (χ4n) is 2.29. The number of carbonyl (C=O) groups excluding carboxylic acids is 1. The summed E-state index contributed by atoms with van der Waals surface area (Å²) in [6.45, 7) is 4.22. The molecule has 0 amide bonds. The van der Waals surface area contributed by atoms with Gasteiger partial charge < -0.3 is 4.74 Å². The van der Waals surface area contributed by atoms with E-state index in [9.17, 15) is 4.79 Å². The fraction of sp³-hybridized carbons (Fsp3) is 0.222. The smallest absolute Gasteiger partial charge is 0.191 e. The summed E-state index contributed by atoms with van der Waals surface area (Å²) in [4.78, 5) is 11.5. The number of ether oxygens (including phenoxy) is 1. The maximum absolute atomic E-state index is 11.5. The molecule has 0 spiro atoms. The van der Waals surface area contributed by atoms with Crippen molar-refractivity contribution in [2.75, 3.05) is 7.11 Å². The molecule has 0 aliphatic carbocycles. The van der Waals surface area contributed by atoms with Crippen LogP contribution < -0.4 is 0 Å². The summed E-state index contributed by atoms with van der Waals surface area (Å²) in [5.74, 6) is 0.382. The molecular formula is C18H18O2S. The second kappa shape index (κ2) is 6.64. The van der Waals surface area contributed by atoms with Crippen LogP contribution in [0, 0.1) is 0 Å². The number of aldehydes is 1. The zero-order valence-electron chi connectivity index (χ0n) is 12.4. The van der Waals surface area contributed by atoms with Gasteiger partial charge in [-0.25, -0.2) is 0 Å². The Hall–Kier alpha value is -2.00. The molecule has 0 fully saturated rings. The molecule has 0 atom stereocenters. The second-order valence-electron chi connectivity index (χ2n) is 5.16. The van der Waals surface area contributed by atoms with Crippen molar-refractivity contribution in [3.05, 3.63) is 59.2 Å². The van der Waals surface area contributed by atoms with Gasteiger partial charge in [-0.05, 0) is 47.0 Å². The number of thiocarbonyl (C=S) groups is 1. The molecular weight excluding hydrogens is 280 g/mol. The highest BCUT2D eigenvalue weighted by Gasteiger charge is 2.13. The quantitative estimate of drug-likeness (QED) is 0.609. The molecule has 0 saturated carbocycles. The van der Waals surface area contributed by atoms with Crippen molar-refractivity contribution in [1.82, 2.24) is 0 Å². The zero-order chi connectivity index (χ0) is 15.4. The van der Waals surface area contributed by atoms with Crippen molar-refractivity contribution in [2.24, 2.45) is 0 Å². The topological polar surface area (TPSA) is 26.3 Å². The largest absolute Gasteiger partial charge is 0.486 e. The Labute approximate surface area is 130 Å². The summed E-state index contributed by atoms with van der Waals surface area (Å²) in [6.07, 6.45) is 0.897. The van der Waals surface area contributed by atoms with E-state index in [1.807, 2.05) is 36.4 Å². The summed E-state index contributed by atoms with van der Waals surface area (Å²) in [6, 6.07) is 13.7. The SMILES string of the molecule is COC(=S)c1ccccc1-c1ccc(C(C)C)cc1C=O. The number of rotatable bonds is 4. The molecule has 0 aromatic heterocycles. The first kappa shape index (κ1) is 15.4. The summed E-state index contributed by atoms with van der Waals surface area (Å²) in [5, 5.41) is 0.426. The Morgan fingerprint density at radius 3 is 2.48 bits per heavy atom. The van der Waals surface area contributed by atoms with Crippen LogP contribution in [0.5, 0.6) is 0 Å². The van der Waals surface area contributed by atoms with Crippen LogP contribution in [0.25, 0.3) is 11.1 Å². The first-order valence-corrected chi connectivity index (χ1v) is 7.26. The number of carbonyl (C=O) groups is 1. The average Bonchev–Trinajstić information content (AvgIpc) is 2.53. The molecule has 0 unspecified atom stereocenters. The molecule has 2 aromatic carbocycles. The Bertz CT molecular complexity index is 675. The highest BCUT2D eigenvalue weighted by Crippen LogP contribution is 2.29. The van der Waals surface area contributed by atoms with Crippen molar-refractivity contribution in [1.29, 1.82) is 0 Å². The third-order valence-electron chi connectivity index (χ3n) is 3.49. The third-order valence-corrected chi connectivity index (χ3v) is 3.88. The fourth-order valence-corrected chi connectivity index (χ4v) is 2.47. The van der Waals surface area contributed by atoms with Crippen molar-refractivity contribution in [3.8, 4) is 11.1 Å². The van der Waals surface area contributed by atoms with Crippen molar-refractivity contribution in [2.45, 2.75) is 19.8 Å². The van der Waals surface area contributed by atoms with Crippen LogP contribution >= 0.6 is 12.2 Å². The van der Waals surface area contributed by atoms with E-state index in [-0.39, 0.29) is 0 Å². The highest BCUT2D eigenvalue weighted by atomic mass is 32.1. The standard InChI is InChI=1S/C18H18O2S/c1-12(2)13-8-9-15(14(10-13)11-19)16-6-4-5-7-17(16)18(21)20-3/h4-12H,1-3H3. The van der Waals surface area contributed by atoms with Gasteiger partial charge in [-0.1, -0.05) is 44.2 Å². The van der Waals surface area contributed by atoms with E-state index in [1.165, 1.54) is 0 Å². The maximum atomic E-state index is 11.5. The van der Waals surface area contributed by atoms with Gasteiger partial charge in [-0.2, -0.15) is 0 Å². The molecule has 0 radical (unpaired) electrons. The molecule has 2 aromatic rings. The van der Waals surface area contributed by atoms with E-state index in [1.54, 1.807) is 7.11 Å². The van der Waals surface area contributed by atoms with E-state index in [2.05, 4.69) is 19.9 Å². The Balaban J connectivity index is 2.62. The lowest BCUT2D eigenvalue weighted by atomic mass is 9.92. The first-order valence-electron chi connectivity index (χ1n) is 6.85. The van der Waals surface area contributed by atoms with E-state index < -0.39 is 0 Å². The molecule has 3 heteroatoms.